The maximum absolute atomic E-state index is 11.8. The Morgan fingerprint density at radius 2 is 1.25 bits per heavy atom. The van der Waals surface area contributed by atoms with E-state index in [4.69, 9.17) is 10.00 Å². The molecule has 0 saturated heterocycles. The van der Waals surface area contributed by atoms with E-state index in [1.54, 1.807) is 12.1 Å². The Bertz CT molecular complexity index is 551. The van der Waals surface area contributed by atoms with Gasteiger partial charge < -0.3 is 4.74 Å². The number of thiol groups is 1. The number of benzene rings is 1. The molecule has 0 heterocycles. The van der Waals surface area contributed by atoms with E-state index in [2.05, 4.69) is 18.7 Å². The minimum absolute atomic E-state index is 0.126. The summed E-state index contributed by atoms with van der Waals surface area (Å²) < 4.78 is 5.29. The molecule has 0 aliphatic rings. The topological polar surface area (TPSA) is 50.1 Å². The van der Waals surface area contributed by atoms with Gasteiger partial charge in [0, 0.05) is 6.42 Å². The highest BCUT2D eigenvalue weighted by Crippen LogP contribution is 2.13. The minimum atomic E-state index is -0.126. The van der Waals surface area contributed by atoms with Gasteiger partial charge in [0.25, 0.3) is 0 Å². The highest BCUT2D eigenvalue weighted by atomic mass is 32.1. The highest BCUT2D eigenvalue weighted by molar-refractivity contribution is 7.80. The SMILES string of the molecule is N#Cc1ccc(COC(=O)CCCCCCCCCCCCCCCS)cc1. The van der Waals surface area contributed by atoms with E-state index in [0.717, 1.165) is 24.2 Å². The lowest BCUT2D eigenvalue weighted by Crippen LogP contribution is -2.04. The Balaban J connectivity index is 1.85. The molecule has 0 amide bonds. The van der Waals surface area contributed by atoms with Crippen LogP contribution in [0.4, 0.5) is 0 Å². The Kier molecular flexibility index (Phi) is 15.5. The van der Waals surface area contributed by atoms with Crippen LogP contribution in [0.2, 0.25) is 0 Å². The van der Waals surface area contributed by atoms with Gasteiger partial charge in [-0.1, -0.05) is 82.8 Å². The van der Waals surface area contributed by atoms with Crippen LogP contribution >= 0.6 is 12.6 Å². The maximum atomic E-state index is 11.8. The van der Waals surface area contributed by atoms with Crippen LogP contribution in [0.25, 0.3) is 0 Å². The normalized spacial score (nSPS) is 10.6. The summed E-state index contributed by atoms with van der Waals surface area (Å²) >= 11 is 4.24. The van der Waals surface area contributed by atoms with Gasteiger partial charge in [-0.15, -0.1) is 0 Å². The van der Waals surface area contributed by atoms with Crippen molar-refractivity contribution in [2.24, 2.45) is 0 Å². The molecule has 0 fully saturated rings. The molecule has 0 N–H and O–H groups in total. The van der Waals surface area contributed by atoms with Crippen molar-refractivity contribution >= 4 is 18.6 Å². The summed E-state index contributed by atoms with van der Waals surface area (Å²) in [6.45, 7) is 0.291. The predicted octanol–water partition coefficient (Wildman–Crippen LogP) is 6.99. The zero-order valence-electron chi connectivity index (χ0n) is 17.3. The molecule has 0 radical (unpaired) electrons. The number of ether oxygens (including phenoxy) is 1. The van der Waals surface area contributed by atoms with Crippen LogP contribution in [0.1, 0.15) is 101 Å². The molecule has 4 heteroatoms. The molecule has 0 unspecified atom stereocenters. The fourth-order valence-electron chi connectivity index (χ4n) is 3.24. The van der Waals surface area contributed by atoms with E-state index in [1.165, 1.54) is 70.6 Å². The molecule has 1 rings (SSSR count). The van der Waals surface area contributed by atoms with Gasteiger partial charge in [-0.25, -0.2) is 0 Å². The van der Waals surface area contributed by atoms with Gasteiger partial charge in [-0.05, 0) is 36.3 Å². The van der Waals surface area contributed by atoms with Crippen molar-refractivity contribution in [3.8, 4) is 6.07 Å². The molecule has 1 aromatic rings. The van der Waals surface area contributed by atoms with Crippen LogP contribution in [-0.4, -0.2) is 11.7 Å². The number of carbonyl (C=O) groups is 1. The van der Waals surface area contributed by atoms with E-state index in [1.807, 2.05) is 12.1 Å². The molecule has 3 nitrogen and oxygen atoms in total. The number of nitriles is 1. The van der Waals surface area contributed by atoms with Gasteiger partial charge in [-0.2, -0.15) is 17.9 Å². The second-order valence-electron chi connectivity index (χ2n) is 7.54. The second-order valence-corrected chi connectivity index (χ2v) is 7.99. The first-order valence-corrected chi connectivity index (χ1v) is 11.6. The lowest BCUT2D eigenvalue weighted by atomic mass is 10.0. The van der Waals surface area contributed by atoms with E-state index < -0.39 is 0 Å². The van der Waals surface area contributed by atoms with Crippen molar-refractivity contribution in [1.29, 1.82) is 5.26 Å². The lowest BCUT2D eigenvalue weighted by Gasteiger charge is -2.05. The van der Waals surface area contributed by atoms with Gasteiger partial charge in [-0.3, -0.25) is 4.79 Å². The smallest absolute Gasteiger partial charge is 0.306 e. The molecule has 1 aromatic carbocycles. The molecule has 0 aliphatic heterocycles. The van der Waals surface area contributed by atoms with Crippen molar-refractivity contribution < 1.29 is 9.53 Å². The van der Waals surface area contributed by atoms with Crippen LogP contribution < -0.4 is 0 Å². The monoisotopic (exact) mass is 403 g/mol. The first kappa shape index (κ1) is 24.6. The number of hydrogen-bond acceptors (Lipinski definition) is 4. The number of carbonyl (C=O) groups excluding carboxylic acids is 1. The quantitative estimate of drug-likeness (QED) is 0.173. The standard InChI is InChI=1S/C24H37NO2S/c25-20-22-15-17-23(18-16-22)21-27-24(26)14-12-10-8-6-4-2-1-3-5-7-9-11-13-19-28/h15-18,28H,1-14,19,21H2. The third kappa shape index (κ3) is 13.7. The van der Waals surface area contributed by atoms with Crippen molar-refractivity contribution in [3.63, 3.8) is 0 Å². The van der Waals surface area contributed by atoms with E-state index >= 15 is 0 Å². The maximum Gasteiger partial charge on any atom is 0.306 e. The Labute approximate surface area is 177 Å². The van der Waals surface area contributed by atoms with Crippen molar-refractivity contribution in [3.05, 3.63) is 35.4 Å². The van der Waals surface area contributed by atoms with Gasteiger partial charge >= 0.3 is 5.97 Å². The summed E-state index contributed by atoms with van der Waals surface area (Å²) in [6.07, 6.45) is 17.2. The molecule has 0 bridgehead atoms. The van der Waals surface area contributed by atoms with Gasteiger partial charge in [0.2, 0.25) is 0 Å². The number of hydrogen-bond donors (Lipinski definition) is 1. The average Bonchev–Trinajstić information content (AvgIpc) is 2.73. The van der Waals surface area contributed by atoms with Crippen LogP contribution in [0.15, 0.2) is 24.3 Å². The zero-order valence-corrected chi connectivity index (χ0v) is 18.2. The summed E-state index contributed by atoms with van der Waals surface area (Å²) in [5.74, 6) is 0.901. The van der Waals surface area contributed by atoms with Crippen molar-refractivity contribution in [1.82, 2.24) is 0 Å². The van der Waals surface area contributed by atoms with Crippen LogP contribution in [0.3, 0.4) is 0 Å². The van der Waals surface area contributed by atoms with Crippen LogP contribution in [0.5, 0.6) is 0 Å². The molecule has 0 aromatic heterocycles. The van der Waals surface area contributed by atoms with Crippen molar-refractivity contribution in [2.45, 2.75) is 96.5 Å². The van der Waals surface area contributed by atoms with Crippen molar-refractivity contribution in [2.75, 3.05) is 5.75 Å². The van der Waals surface area contributed by atoms with E-state index in [0.29, 0.717) is 18.6 Å². The Hall–Kier alpha value is -1.47. The highest BCUT2D eigenvalue weighted by Gasteiger charge is 2.03. The molecule has 28 heavy (non-hydrogen) atoms. The largest absolute Gasteiger partial charge is 0.461 e. The summed E-state index contributed by atoms with van der Waals surface area (Å²) in [5.41, 5.74) is 1.54. The lowest BCUT2D eigenvalue weighted by molar-refractivity contribution is -0.145. The first-order valence-electron chi connectivity index (χ1n) is 11.0. The third-order valence-corrected chi connectivity index (χ3v) is 5.34. The first-order chi connectivity index (χ1) is 13.8. The molecular weight excluding hydrogens is 366 g/mol. The Morgan fingerprint density at radius 3 is 1.71 bits per heavy atom. The minimum Gasteiger partial charge on any atom is -0.461 e. The van der Waals surface area contributed by atoms with Crippen LogP contribution in [0, 0.1) is 11.3 Å². The molecule has 156 valence electrons. The van der Waals surface area contributed by atoms with Gasteiger partial charge in [0.05, 0.1) is 11.6 Å². The summed E-state index contributed by atoms with van der Waals surface area (Å²) in [6, 6.07) is 9.23. The molecule has 0 aliphatic carbocycles. The number of rotatable bonds is 17. The third-order valence-electron chi connectivity index (χ3n) is 5.02. The number of unbranched alkanes of at least 4 members (excludes halogenated alkanes) is 12. The number of esters is 1. The van der Waals surface area contributed by atoms with Crippen LogP contribution in [-0.2, 0) is 16.1 Å². The van der Waals surface area contributed by atoms with E-state index in [-0.39, 0.29) is 5.97 Å². The summed E-state index contributed by atoms with van der Waals surface area (Å²) in [5, 5.41) is 8.77. The second kappa shape index (κ2) is 17.6. The molecular formula is C24H37NO2S. The predicted molar refractivity (Wildman–Crippen MR) is 119 cm³/mol. The molecule has 0 atom stereocenters. The molecule has 0 spiro atoms. The molecule has 0 saturated carbocycles. The summed E-state index contributed by atoms with van der Waals surface area (Å²) in [7, 11) is 0. The van der Waals surface area contributed by atoms with E-state index in [9.17, 15) is 4.79 Å². The van der Waals surface area contributed by atoms with Gasteiger partial charge in [0.15, 0.2) is 0 Å². The summed E-state index contributed by atoms with van der Waals surface area (Å²) in [4.78, 5) is 11.8. The van der Waals surface area contributed by atoms with Gasteiger partial charge in [0.1, 0.15) is 6.61 Å². The Morgan fingerprint density at radius 1 is 0.786 bits per heavy atom. The fourth-order valence-corrected chi connectivity index (χ4v) is 3.46. The number of nitrogens with zero attached hydrogens (tertiary/aromatic N) is 1. The average molecular weight is 404 g/mol. The zero-order chi connectivity index (χ0) is 20.3. The fraction of sp³-hybridized carbons (Fsp3) is 0.667.